The van der Waals surface area contributed by atoms with Crippen molar-refractivity contribution in [3.63, 3.8) is 0 Å². The Bertz CT molecular complexity index is 1540. The maximum absolute atomic E-state index is 14.7. The average molecular weight is 613 g/mol. The number of hydrogen-bond acceptors (Lipinski definition) is 3. The third kappa shape index (κ3) is 8.36. The Morgan fingerprint density at radius 3 is 1.75 bits per heavy atom. The van der Waals surface area contributed by atoms with Crippen molar-refractivity contribution in [1.82, 2.24) is 10.0 Å². The average Bonchev–Trinajstić information content (AvgIpc) is 3.02. The molecule has 0 spiro atoms. The summed E-state index contributed by atoms with van der Waals surface area (Å²) in [6.45, 7) is 12.4. The zero-order valence-electron chi connectivity index (χ0n) is 27.0. The van der Waals surface area contributed by atoms with Crippen LogP contribution in [0.4, 0.5) is 0 Å². The summed E-state index contributed by atoms with van der Waals surface area (Å²) in [6.07, 6.45) is 9.25. The van der Waals surface area contributed by atoms with Crippen LogP contribution in [0.3, 0.4) is 0 Å². The first-order chi connectivity index (χ1) is 21.0. The molecule has 1 amide bonds. The number of carbonyl (C=O) groups is 1. The lowest BCUT2D eigenvalue weighted by Gasteiger charge is -2.31. The Morgan fingerprint density at radius 1 is 0.727 bits per heavy atom. The highest BCUT2D eigenvalue weighted by Crippen LogP contribution is 2.37. The maximum atomic E-state index is 14.7. The normalized spacial score (nSPS) is 15.0. The largest absolute Gasteiger partial charge is 0.347 e. The molecule has 1 unspecified atom stereocenters. The third-order valence-electron chi connectivity index (χ3n) is 8.36. The molecule has 3 aromatic rings. The van der Waals surface area contributed by atoms with Crippen LogP contribution in [-0.4, -0.2) is 14.3 Å². The van der Waals surface area contributed by atoms with Crippen molar-refractivity contribution >= 4 is 15.9 Å². The molecule has 2 atom stereocenters. The zero-order chi connectivity index (χ0) is 31.9. The highest BCUT2D eigenvalue weighted by molar-refractivity contribution is 7.89. The van der Waals surface area contributed by atoms with Crippen LogP contribution >= 0.6 is 0 Å². The lowest BCUT2D eigenvalue weighted by molar-refractivity contribution is -0.122. The number of rotatable bonds is 13. The van der Waals surface area contributed by atoms with Gasteiger partial charge in [0.15, 0.2) is 0 Å². The zero-order valence-corrected chi connectivity index (χ0v) is 27.8. The second kappa shape index (κ2) is 15.0. The van der Waals surface area contributed by atoms with E-state index in [9.17, 15) is 13.2 Å². The first kappa shape index (κ1) is 33.4. The van der Waals surface area contributed by atoms with Crippen LogP contribution < -0.4 is 10.0 Å². The summed E-state index contributed by atoms with van der Waals surface area (Å²) >= 11 is 0. The quantitative estimate of drug-likeness (QED) is 0.189. The highest BCUT2D eigenvalue weighted by Gasteiger charge is 2.34. The van der Waals surface area contributed by atoms with Gasteiger partial charge in [-0.3, -0.25) is 4.79 Å². The van der Waals surface area contributed by atoms with Gasteiger partial charge in [-0.1, -0.05) is 138 Å². The molecule has 234 valence electrons. The highest BCUT2D eigenvalue weighted by atomic mass is 32.2. The maximum Gasteiger partial charge on any atom is 0.241 e. The second-order valence-corrected chi connectivity index (χ2v) is 14.4. The molecule has 6 heteroatoms. The molecule has 0 radical (unpaired) electrons. The van der Waals surface area contributed by atoms with Crippen LogP contribution in [0.25, 0.3) is 0 Å². The third-order valence-corrected chi connectivity index (χ3v) is 9.93. The van der Waals surface area contributed by atoms with Gasteiger partial charge in [-0.05, 0) is 64.8 Å². The molecule has 1 aliphatic carbocycles. The van der Waals surface area contributed by atoms with Gasteiger partial charge in [0.05, 0.1) is 17.0 Å². The molecule has 0 saturated heterocycles. The Morgan fingerprint density at radius 2 is 1.27 bits per heavy atom. The monoisotopic (exact) mass is 612 g/mol. The molecule has 44 heavy (non-hydrogen) atoms. The first-order valence-electron chi connectivity index (χ1n) is 15.9. The molecule has 3 aromatic carbocycles. The van der Waals surface area contributed by atoms with Gasteiger partial charge in [-0.25, -0.2) is 13.1 Å². The fourth-order valence-electron chi connectivity index (χ4n) is 5.81. The molecule has 0 bridgehead atoms. The van der Waals surface area contributed by atoms with E-state index in [4.69, 9.17) is 0 Å². The SMILES string of the molecule is CC(C)c1cc(C(C)C)c(S(=O)(=O)NC(c2ccccc2)[C@@H](NC(=O)CCC2=CCC=CC2)c2ccccc2)c(C(C)C)c1. The second-order valence-electron chi connectivity index (χ2n) is 12.7. The van der Waals surface area contributed by atoms with E-state index in [1.54, 1.807) is 0 Å². The first-order valence-corrected chi connectivity index (χ1v) is 17.4. The number of benzene rings is 3. The number of amides is 1. The lowest BCUT2D eigenvalue weighted by atomic mass is 9.89. The fraction of sp³-hybridized carbons (Fsp3) is 0.395. The van der Waals surface area contributed by atoms with Crippen molar-refractivity contribution < 1.29 is 13.2 Å². The van der Waals surface area contributed by atoms with Crippen LogP contribution in [0.2, 0.25) is 0 Å². The van der Waals surface area contributed by atoms with E-state index >= 15 is 0 Å². The van der Waals surface area contributed by atoms with Gasteiger partial charge in [-0.15, -0.1) is 0 Å². The number of carbonyl (C=O) groups excluding carboxylic acids is 1. The molecule has 5 nitrogen and oxygen atoms in total. The molecular formula is C38H48N2O3S. The fourth-order valence-corrected chi connectivity index (χ4v) is 7.74. The van der Waals surface area contributed by atoms with Gasteiger partial charge < -0.3 is 5.32 Å². The van der Waals surface area contributed by atoms with E-state index < -0.39 is 22.1 Å². The summed E-state index contributed by atoms with van der Waals surface area (Å²) in [5.41, 5.74) is 5.63. The molecule has 0 fully saturated rings. The van der Waals surface area contributed by atoms with E-state index in [1.165, 1.54) is 5.57 Å². The molecule has 0 saturated carbocycles. The Balaban J connectivity index is 1.79. The van der Waals surface area contributed by atoms with Crippen LogP contribution in [0.15, 0.2) is 101 Å². The standard InChI is InChI=1S/C38H48N2O3S/c1-26(2)32-24-33(27(3)4)38(34(25-32)28(5)6)44(42,43)40-37(31-20-14-9-15-21-31)36(30-18-12-8-13-19-30)39-35(41)23-22-29-16-10-7-11-17-29/h7-10,12-15,17-21,24-28,36-37,40H,11,16,22-23H2,1-6H3,(H,39,41)/t36-,37?/m0/s1. The van der Waals surface area contributed by atoms with Crippen LogP contribution in [0, 0.1) is 0 Å². The van der Waals surface area contributed by atoms with Crippen LogP contribution in [-0.2, 0) is 14.8 Å². The van der Waals surface area contributed by atoms with E-state index in [0.29, 0.717) is 17.7 Å². The van der Waals surface area contributed by atoms with Crippen LogP contribution in [0.5, 0.6) is 0 Å². The Labute approximate surface area is 264 Å². The summed E-state index contributed by atoms with van der Waals surface area (Å²) in [5, 5.41) is 3.23. The van der Waals surface area contributed by atoms with Gasteiger partial charge in [-0.2, -0.15) is 0 Å². The summed E-state index contributed by atoms with van der Waals surface area (Å²) in [5.74, 6) is 0.161. The molecular weight excluding hydrogens is 564 g/mol. The van der Waals surface area contributed by atoms with E-state index in [2.05, 4.69) is 54.2 Å². The van der Waals surface area contributed by atoms with Crippen LogP contribution in [0.1, 0.15) is 125 Å². The van der Waals surface area contributed by atoms with E-state index in [1.807, 2.05) is 88.4 Å². The minimum absolute atomic E-state index is 0.00140. The van der Waals surface area contributed by atoms with Gasteiger partial charge in [0.2, 0.25) is 15.9 Å². The van der Waals surface area contributed by atoms with Crippen molar-refractivity contribution in [3.05, 3.63) is 124 Å². The number of allylic oxidation sites excluding steroid dienone is 4. The van der Waals surface area contributed by atoms with Crippen molar-refractivity contribution in [3.8, 4) is 0 Å². The molecule has 1 aliphatic rings. The molecule has 0 heterocycles. The molecule has 2 N–H and O–H groups in total. The minimum Gasteiger partial charge on any atom is -0.347 e. The molecule has 0 aliphatic heterocycles. The van der Waals surface area contributed by atoms with Crippen molar-refractivity contribution in [2.75, 3.05) is 0 Å². The molecule has 4 rings (SSSR count). The smallest absolute Gasteiger partial charge is 0.241 e. The number of nitrogens with one attached hydrogen (secondary N) is 2. The summed E-state index contributed by atoms with van der Waals surface area (Å²) in [7, 11) is -4.04. The van der Waals surface area contributed by atoms with Crippen molar-refractivity contribution in [2.45, 2.75) is 102 Å². The Hall–Kier alpha value is -3.48. The Kier molecular flexibility index (Phi) is 11.4. The van der Waals surface area contributed by atoms with Gasteiger partial charge in [0.25, 0.3) is 0 Å². The van der Waals surface area contributed by atoms with E-state index in [0.717, 1.165) is 40.7 Å². The molecule has 0 aromatic heterocycles. The lowest BCUT2D eigenvalue weighted by Crippen LogP contribution is -2.41. The van der Waals surface area contributed by atoms with Gasteiger partial charge in [0, 0.05) is 6.42 Å². The predicted octanol–water partition coefficient (Wildman–Crippen LogP) is 8.99. The van der Waals surface area contributed by atoms with Gasteiger partial charge >= 0.3 is 0 Å². The summed E-state index contributed by atoms with van der Waals surface area (Å²) in [6, 6.07) is 22.0. The summed E-state index contributed by atoms with van der Waals surface area (Å²) in [4.78, 5) is 13.8. The predicted molar refractivity (Wildman–Crippen MR) is 181 cm³/mol. The topological polar surface area (TPSA) is 75.3 Å². The number of sulfonamides is 1. The van der Waals surface area contributed by atoms with Gasteiger partial charge in [0.1, 0.15) is 0 Å². The summed E-state index contributed by atoms with van der Waals surface area (Å²) < 4.78 is 32.4. The number of hydrogen-bond donors (Lipinski definition) is 2. The van der Waals surface area contributed by atoms with E-state index in [-0.39, 0.29) is 23.7 Å². The van der Waals surface area contributed by atoms with Crippen molar-refractivity contribution in [1.29, 1.82) is 0 Å². The van der Waals surface area contributed by atoms with Crippen molar-refractivity contribution in [2.24, 2.45) is 0 Å². The minimum atomic E-state index is -4.04.